The maximum absolute atomic E-state index is 11.9. The molecule has 0 bridgehead atoms. The lowest BCUT2D eigenvalue weighted by molar-refractivity contribution is 0.0730. The first kappa shape index (κ1) is 14.9. The molecule has 0 unspecified atom stereocenters. The SMILES string of the molecule is CCCNCCCCS(=O)(=O)N1CCOCC1. The van der Waals surface area contributed by atoms with Crippen molar-refractivity contribution in [3.63, 3.8) is 0 Å². The Balaban J connectivity index is 2.15. The molecule has 0 aromatic rings. The second-order valence-corrected chi connectivity index (χ2v) is 6.37. The summed E-state index contributed by atoms with van der Waals surface area (Å²) in [6.45, 7) is 6.11. The summed E-state index contributed by atoms with van der Waals surface area (Å²) in [6.07, 6.45) is 2.77. The van der Waals surface area contributed by atoms with Crippen molar-refractivity contribution in [2.24, 2.45) is 0 Å². The van der Waals surface area contributed by atoms with Crippen molar-refractivity contribution in [1.82, 2.24) is 9.62 Å². The van der Waals surface area contributed by atoms with Gasteiger partial charge in [0.1, 0.15) is 0 Å². The van der Waals surface area contributed by atoms with Crippen LogP contribution in [0.25, 0.3) is 0 Å². The number of nitrogens with zero attached hydrogens (tertiary/aromatic N) is 1. The van der Waals surface area contributed by atoms with Crippen molar-refractivity contribution in [3.05, 3.63) is 0 Å². The predicted octanol–water partition coefficient (Wildman–Crippen LogP) is 0.428. The molecular formula is C11H24N2O3S. The molecule has 5 nitrogen and oxygen atoms in total. The predicted molar refractivity (Wildman–Crippen MR) is 68.6 cm³/mol. The third kappa shape index (κ3) is 5.81. The highest BCUT2D eigenvalue weighted by Crippen LogP contribution is 2.07. The van der Waals surface area contributed by atoms with Crippen LogP contribution in [0, 0.1) is 0 Å². The molecule has 0 aromatic heterocycles. The minimum absolute atomic E-state index is 0.265. The second-order valence-electron chi connectivity index (χ2n) is 4.28. The molecule has 6 heteroatoms. The van der Waals surface area contributed by atoms with Crippen LogP contribution in [-0.2, 0) is 14.8 Å². The van der Waals surface area contributed by atoms with Crippen LogP contribution in [0.15, 0.2) is 0 Å². The molecule has 0 atom stereocenters. The summed E-state index contributed by atoms with van der Waals surface area (Å²) in [4.78, 5) is 0. The van der Waals surface area contributed by atoms with Crippen LogP contribution in [-0.4, -0.2) is 57.9 Å². The number of nitrogens with one attached hydrogen (secondary N) is 1. The monoisotopic (exact) mass is 264 g/mol. The molecule has 0 radical (unpaired) electrons. The Labute approximate surface area is 105 Å². The lowest BCUT2D eigenvalue weighted by Crippen LogP contribution is -2.41. The maximum Gasteiger partial charge on any atom is 0.214 e. The van der Waals surface area contributed by atoms with Crippen molar-refractivity contribution in [1.29, 1.82) is 0 Å². The molecule has 1 rings (SSSR count). The van der Waals surface area contributed by atoms with E-state index in [0.717, 1.165) is 32.4 Å². The van der Waals surface area contributed by atoms with E-state index in [4.69, 9.17) is 4.74 Å². The Hall–Kier alpha value is -0.170. The highest BCUT2D eigenvalue weighted by atomic mass is 32.2. The van der Waals surface area contributed by atoms with Crippen LogP contribution in [0.1, 0.15) is 26.2 Å². The van der Waals surface area contributed by atoms with E-state index >= 15 is 0 Å². The van der Waals surface area contributed by atoms with E-state index < -0.39 is 10.0 Å². The van der Waals surface area contributed by atoms with Crippen LogP contribution in [0.5, 0.6) is 0 Å². The molecule has 1 aliphatic heterocycles. The highest BCUT2D eigenvalue weighted by molar-refractivity contribution is 7.89. The van der Waals surface area contributed by atoms with Gasteiger partial charge >= 0.3 is 0 Å². The molecular weight excluding hydrogens is 240 g/mol. The van der Waals surface area contributed by atoms with Crippen molar-refractivity contribution >= 4 is 10.0 Å². The van der Waals surface area contributed by atoms with Gasteiger partial charge in [-0.05, 0) is 32.4 Å². The Kier molecular flexibility index (Phi) is 7.03. The van der Waals surface area contributed by atoms with E-state index in [1.54, 1.807) is 4.31 Å². The molecule has 1 aliphatic rings. The summed E-state index contributed by atoms with van der Waals surface area (Å²) < 4.78 is 30.5. The summed E-state index contributed by atoms with van der Waals surface area (Å²) >= 11 is 0. The minimum Gasteiger partial charge on any atom is -0.379 e. The van der Waals surface area contributed by atoms with Crippen molar-refractivity contribution in [3.8, 4) is 0 Å². The van der Waals surface area contributed by atoms with Gasteiger partial charge in [-0.15, -0.1) is 0 Å². The van der Waals surface area contributed by atoms with Gasteiger partial charge in [0.25, 0.3) is 0 Å². The van der Waals surface area contributed by atoms with Gasteiger partial charge in [0, 0.05) is 13.1 Å². The zero-order valence-electron chi connectivity index (χ0n) is 10.7. The average Bonchev–Trinajstić information content (AvgIpc) is 2.35. The second kappa shape index (κ2) is 8.02. The first-order chi connectivity index (χ1) is 8.17. The van der Waals surface area contributed by atoms with Gasteiger partial charge in [-0.2, -0.15) is 4.31 Å². The van der Waals surface area contributed by atoms with E-state index in [9.17, 15) is 8.42 Å². The lowest BCUT2D eigenvalue weighted by Gasteiger charge is -2.25. The van der Waals surface area contributed by atoms with Crippen LogP contribution >= 0.6 is 0 Å². The summed E-state index contributed by atoms with van der Waals surface area (Å²) in [5.41, 5.74) is 0. The van der Waals surface area contributed by atoms with Crippen LogP contribution < -0.4 is 5.32 Å². The van der Waals surface area contributed by atoms with Gasteiger partial charge in [0.05, 0.1) is 19.0 Å². The molecule has 17 heavy (non-hydrogen) atoms. The Morgan fingerprint density at radius 3 is 2.53 bits per heavy atom. The molecule has 0 spiro atoms. The molecule has 1 fully saturated rings. The van der Waals surface area contributed by atoms with E-state index in [1.807, 2.05) is 0 Å². The van der Waals surface area contributed by atoms with E-state index in [-0.39, 0.29) is 5.75 Å². The molecule has 0 amide bonds. The Morgan fingerprint density at radius 2 is 1.88 bits per heavy atom. The number of ether oxygens (including phenoxy) is 1. The molecule has 1 N–H and O–H groups in total. The number of hydrogen-bond donors (Lipinski definition) is 1. The summed E-state index contributed by atoms with van der Waals surface area (Å²) in [7, 11) is -3.05. The third-order valence-corrected chi connectivity index (χ3v) is 4.75. The Morgan fingerprint density at radius 1 is 1.18 bits per heavy atom. The third-order valence-electron chi connectivity index (χ3n) is 2.80. The van der Waals surface area contributed by atoms with Crippen LogP contribution in [0.3, 0.4) is 0 Å². The molecule has 1 heterocycles. The van der Waals surface area contributed by atoms with Gasteiger partial charge in [-0.25, -0.2) is 8.42 Å². The van der Waals surface area contributed by atoms with Gasteiger partial charge in [-0.3, -0.25) is 0 Å². The van der Waals surface area contributed by atoms with Gasteiger partial charge in [0.2, 0.25) is 10.0 Å². The minimum atomic E-state index is -3.05. The van der Waals surface area contributed by atoms with Gasteiger partial charge < -0.3 is 10.1 Å². The van der Waals surface area contributed by atoms with E-state index in [2.05, 4.69) is 12.2 Å². The molecule has 0 aliphatic carbocycles. The summed E-state index contributed by atoms with van der Waals surface area (Å²) in [6, 6.07) is 0. The number of sulfonamides is 1. The standard InChI is InChI=1S/C11H24N2O3S/c1-2-5-12-6-3-4-11-17(14,15)13-7-9-16-10-8-13/h12H,2-11H2,1H3. The lowest BCUT2D eigenvalue weighted by atomic mass is 10.3. The van der Waals surface area contributed by atoms with Crippen molar-refractivity contribution < 1.29 is 13.2 Å². The summed E-state index contributed by atoms with van der Waals surface area (Å²) in [5, 5.41) is 3.27. The van der Waals surface area contributed by atoms with Crippen molar-refractivity contribution in [2.45, 2.75) is 26.2 Å². The zero-order valence-corrected chi connectivity index (χ0v) is 11.5. The van der Waals surface area contributed by atoms with Crippen LogP contribution in [0.2, 0.25) is 0 Å². The fourth-order valence-electron chi connectivity index (χ4n) is 1.79. The molecule has 102 valence electrons. The summed E-state index contributed by atoms with van der Waals surface area (Å²) in [5.74, 6) is 0.265. The molecule has 0 saturated carbocycles. The fraction of sp³-hybridized carbons (Fsp3) is 1.00. The van der Waals surface area contributed by atoms with Crippen molar-refractivity contribution in [2.75, 3.05) is 45.1 Å². The average molecular weight is 264 g/mol. The Bertz CT molecular complexity index is 287. The first-order valence-corrected chi connectivity index (χ1v) is 8.04. The topological polar surface area (TPSA) is 58.6 Å². The fourth-order valence-corrected chi connectivity index (χ4v) is 3.32. The van der Waals surface area contributed by atoms with E-state index in [0.29, 0.717) is 26.3 Å². The molecule has 0 aromatic carbocycles. The number of morpholine rings is 1. The van der Waals surface area contributed by atoms with Gasteiger partial charge in [-0.1, -0.05) is 6.92 Å². The molecule has 1 saturated heterocycles. The number of hydrogen-bond acceptors (Lipinski definition) is 4. The zero-order chi connectivity index (χ0) is 12.6. The van der Waals surface area contributed by atoms with Crippen LogP contribution in [0.4, 0.5) is 0 Å². The largest absolute Gasteiger partial charge is 0.379 e. The normalized spacial score (nSPS) is 18.4. The highest BCUT2D eigenvalue weighted by Gasteiger charge is 2.23. The first-order valence-electron chi connectivity index (χ1n) is 6.43. The van der Waals surface area contributed by atoms with Gasteiger partial charge in [0.15, 0.2) is 0 Å². The number of rotatable bonds is 8. The maximum atomic E-state index is 11.9. The quantitative estimate of drug-likeness (QED) is 0.646. The smallest absolute Gasteiger partial charge is 0.214 e. The van der Waals surface area contributed by atoms with E-state index in [1.165, 1.54) is 0 Å². The number of unbranched alkanes of at least 4 members (excludes halogenated alkanes) is 1.